The molecule has 0 heterocycles. The number of rotatable bonds is 0. The third-order valence-electron chi connectivity index (χ3n) is 0. The van der Waals surface area contributed by atoms with Crippen molar-refractivity contribution >= 4 is 0 Å². The monoisotopic (exact) mass is 1270 g/mol. The van der Waals surface area contributed by atoms with Crippen LogP contribution in [-0.4, -0.2) is 0 Å². The molecule has 71 valence electrons. The summed E-state index contributed by atoms with van der Waals surface area (Å²) in [6, 6.07) is 0. The Kier molecular flexibility index (Phi) is 546. The Labute approximate surface area is 202 Å². The van der Waals surface area contributed by atoms with Gasteiger partial charge in [0.15, 0.2) is 0 Å². The third kappa shape index (κ3) is 54.0. The Hall–Kier alpha value is 6.41. The molecule has 0 unspecified atom stereocenters. The summed E-state index contributed by atoms with van der Waals surface area (Å²) in [5.41, 5.74) is 0. The largest absolute Gasteiger partial charge is 3.00 e. The summed E-state index contributed by atoms with van der Waals surface area (Å²) in [6.07, 6.45) is 0. The molecule has 0 aromatic carbocycles. The maximum absolute atomic E-state index is 0. The van der Waals surface area contributed by atoms with Gasteiger partial charge in [-0.1, -0.05) is 0 Å². The van der Waals surface area contributed by atoms with Crippen LogP contribution < -0.4 is 168 Å². The van der Waals surface area contributed by atoms with E-state index in [2.05, 4.69) is 0 Å². The third-order valence-corrected chi connectivity index (χ3v) is 0. The van der Waals surface area contributed by atoms with E-state index in [0.29, 0.717) is 0 Å². The van der Waals surface area contributed by atoms with Crippen LogP contribution >= 0.6 is 0 Å². The normalized spacial score (nSPS) is 0. The molecule has 0 saturated carbocycles. The SMILES string of the molecule is [I-].[I-].[I-].[I-].[I-].[I-].[I-].[Ir+3].[Ir]. The second-order valence-electron chi connectivity index (χ2n) is 0. The fourth-order valence-electron chi connectivity index (χ4n) is 0. The molecule has 0 aromatic rings. The van der Waals surface area contributed by atoms with Crippen LogP contribution in [0.25, 0.3) is 0 Å². The zero-order valence-electron chi connectivity index (χ0n) is 3.31. The molecule has 0 N–H and O–H groups in total. The first-order valence-electron chi connectivity index (χ1n) is 0. The van der Waals surface area contributed by atoms with Crippen molar-refractivity contribution in [3.05, 3.63) is 0 Å². The van der Waals surface area contributed by atoms with Crippen molar-refractivity contribution in [1.82, 2.24) is 0 Å². The van der Waals surface area contributed by atoms with Crippen molar-refractivity contribution in [2.75, 3.05) is 0 Å². The molecule has 0 atom stereocenters. The molecule has 1 radical (unpaired) electrons. The number of hydrogen-bond donors (Lipinski definition) is 0. The van der Waals surface area contributed by atoms with Gasteiger partial charge in [-0.05, 0) is 0 Å². The van der Waals surface area contributed by atoms with E-state index < -0.39 is 0 Å². The fourth-order valence-corrected chi connectivity index (χ4v) is 0. The molecule has 0 aromatic heterocycles. The van der Waals surface area contributed by atoms with E-state index >= 15 is 0 Å². The van der Waals surface area contributed by atoms with Gasteiger partial charge < -0.3 is 168 Å². The molecule has 0 aliphatic heterocycles. The van der Waals surface area contributed by atoms with E-state index in [-0.39, 0.29) is 208 Å². The summed E-state index contributed by atoms with van der Waals surface area (Å²) in [5, 5.41) is 0. The minimum atomic E-state index is 0. The van der Waals surface area contributed by atoms with Gasteiger partial charge in [0.05, 0.1) is 0 Å². The van der Waals surface area contributed by atoms with E-state index in [4.69, 9.17) is 0 Å². The van der Waals surface area contributed by atoms with E-state index in [1.165, 1.54) is 0 Å². The van der Waals surface area contributed by atoms with Gasteiger partial charge in [0.2, 0.25) is 0 Å². The molecule has 0 rings (SSSR count). The topological polar surface area (TPSA) is 0 Å². The van der Waals surface area contributed by atoms with E-state index in [0.717, 1.165) is 0 Å². The van der Waals surface area contributed by atoms with Crippen LogP contribution in [0, 0.1) is 0 Å². The van der Waals surface area contributed by atoms with Crippen LogP contribution in [0.5, 0.6) is 0 Å². The van der Waals surface area contributed by atoms with Crippen molar-refractivity contribution in [3.8, 4) is 0 Å². The predicted octanol–water partition coefficient (Wildman–Crippen LogP) is -21.0. The van der Waals surface area contributed by atoms with Crippen LogP contribution in [0.2, 0.25) is 0 Å². The Bertz CT molecular complexity index is 6.88. The van der Waals surface area contributed by atoms with Gasteiger partial charge in [-0.3, -0.25) is 0 Å². The molecular formula is I7Ir2-4. The van der Waals surface area contributed by atoms with Gasteiger partial charge in [-0.2, -0.15) is 0 Å². The van der Waals surface area contributed by atoms with Crippen LogP contribution in [-0.2, 0) is 40.2 Å². The molecule has 0 bridgehead atoms. The smallest absolute Gasteiger partial charge is 1.00 e. The van der Waals surface area contributed by atoms with Gasteiger partial charge in [0, 0.05) is 20.1 Å². The standard InChI is InChI=1S/7HI.2Ir/h7*1H;;/q;;;;;;;;+3/p-7. The van der Waals surface area contributed by atoms with Gasteiger partial charge >= 0.3 is 20.1 Å². The van der Waals surface area contributed by atoms with Gasteiger partial charge in [0.25, 0.3) is 0 Å². The average molecular weight is 1270 g/mol. The average Bonchev–Trinajstić information content (AvgIpc) is 0. The molecule has 0 aliphatic carbocycles. The second-order valence-corrected chi connectivity index (χ2v) is 0. The van der Waals surface area contributed by atoms with Crippen molar-refractivity contribution in [2.24, 2.45) is 0 Å². The second kappa shape index (κ2) is 63.1. The molecule has 9 heteroatoms. The molecule has 0 spiro atoms. The molecule has 0 fully saturated rings. The van der Waals surface area contributed by atoms with E-state index in [9.17, 15) is 0 Å². The van der Waals surface area contributed by atoms with Gasteiger partial charge in [-0.25, -0.2) is 0 Å². The number of hydrogen-bond acceptors (Lipinski definition) is 0. The van der Waals surface area contributed by atoms with E-state index in [1.807, 2.05) is 0 Å². The summed E-state index contributed by atoms with van der Waals surface area (Å²) < 4.78 is 0. The molecule has 0 nitrogen and oxygen atoms in total. The molecular weight excluding hydrogens is 1270 g/mol. The summed E-state index contributed by atoms with van der Waals surface area (Å²) in [6.45, 7) is 0. The van der Waals surface area contributed by atoms with Crippen molar-refractivity contribution in [2.45, 2.75) is 0 Å². The van der Waals surface area contributed by atoms with Crippen LogP contribution in [0.4, 0.5) is 0 Å². The van der Waals surface area contributed by atoms with Crippen molar-refractivity contribution in [1.29, 1.82) is 0 Å². The van der Waals surface area contributed by atoms with Crippen LogP contribution in [0.3, 0.4) is 0 Å². The summed E-state index contributed by atoms with van der Waals surface area (Å²) in [7, 11) is 0. The Balaban J connectivity index is 0. The summed E-state index contributed by atoms with van der Waals surface area (Å²) in [5.74, 6) is 0. The van der Waals surface area contributed by atoms with E-state index in [1.54, 1.807) is 0 Å². The maximum atomic E-state index is 0. The quantitative estimate of drug-likeness (QED) is 0.212. The number of halogens is 7. The zero-order chi connectivity index (χ0) is 0. The first-order chi connectivity index (χ1) is 0. The first-order valence-corrected chi connectivity index (χ1v) is 0. The van der Waals surface area contributed by atoms with Gasteiger partial charge in [0.1, 0.15) is 0 Å². The zero-order valence-corrected chi connectivity index (χ0v) is 23.2. The summed E-state index contributed by atoms with van der Waals surface area (Å²) >= 11 is 0. The molecule has 0 saturated heterocycles. The molecule has 0 aliphatic rings. The van der Waals surface area contributed by atoms with Gasteiger partial charge in [-0.15, -0.1) is 0 Å². The first kappa shape index (κ1) is 77.9. The Morgan fingerprint density at radius 1 is 0.333 bits per heavy atom. The predicted molar refractivity (Wildman–Crippen MR) is 0 cm³/mol. The maximum Gasteiger partial charge on any atom is 3.00 e. The van der Waals surface area contributed by atoms with Crippen LogP contribution in [0.15, 0.2) is 0 Å². The van der Waals surface area contributed by atoms with Crippen molar-refractivity contribution in [3.63, 3.8) is 0 Å². The molecule has 0 amide bonds. The summed E-state index contributed by atoms with van der Waals surface area (Å²) in [4.78, 5) is 0. The minimum absolute atomic E-state index is 0. The Morgan fingerprint density at radius 3 is 0.333 bits per heavy atom. The fraction of sp³-hybridized carbons (Fsp3) is 0. The van der Waals surface area contributed by atoms with Crippen LogP contribution in [0.1, 0.15) is 0 Å². The molecule has 9 heavy (non-hydrogen) atoms. The Morgan fingerprint density at radius 2 is 0.333 bits per heavy atom. The van der Waals surface area contributed by atoms with Crippen molar-refractivity contribution < 1.29 is 208 Å². The minimum Gasteiger partial charge on any atom is -1.00 e.